The van der Waals surface area contributed by atoms with E-state index in [1.807, 2.05) is 5.38 Å². The number of hydrazone groups is 1. The summed E-state index contributed by atoms with van der Waals surface area (Å²) in [6.45, 7) is 0. The van der Waals surface area contributed by atoms with E-state index >= 15 is 0 Å². The predicted molar refractivity (Wildman–Crippen MR) is 96.8 cm³/mol. The van der Waals surface area contributed by atoms with Crippen molar-refractivity contribution in [3.63, 3.8) is 0 Å². The first-order valence-electron chi connectivity index (χ1n) is 6.97. The number of nitro benzene ring substituents is 1. The Balaban J connectivity index is 1.70. The van der Waals surface area contributed by atoms with Crippen molar-refractivity contribution >= 4 is 40.0 Å². The second kappa shape index (κ2) is 7.37. The normalized spacial score (nSPS) is 11.0. The number of rotatable bonds is 5. The Morgan fingerprint density at radius 1 is 1.28 bits per heavy atom. The van der Waals surface area contributed by atoms with E-state index in [0.29, 0.717) is 16.4 Å². The van der Waals surface area contributed by atoms with Crippen LogP contribution in [0.5, 0.6) is 0 Å². The lowest BCUT2D eigenvalue weighted by Crippen LogP contribution is -1.93. The van der Waals surface area contributed by atoms with Crippen molar-refractivity contribution in [1.82, 2.24) is 4.98 Å². The highest BCUT2D eigenvalue weighted by molar-refractivity contribution is 7.14. The van der Waals surface area contributed by atoms with Crippen LogP contribution in [0.15, 0.2) is 52.9 Å². The third kappa shape index (κ3) is 4.17. The van der Waals surface area contributed by atoms with Crippen molar-refractivity contribution in [2.75, 3.05) is 5.43 Å². The highest BCUT2D eigenvalue weighted by Gasteiger charge is 2.11. The molecule has 0 radical (unpaired) electrons. The lowest BCUT2D eigenvalue weighted by molar-refractivity contribution is -0.384. The van der Waals surface area contributed by atoms with Gasteiger partial charge in [-0.25, -0.2) is 9.37 Å². The van der Waals surface area contributed by atoms with Crippen molar-refractivity contribution in [3.8, 4) is 11.3 Å². The topological polar surface area (TPSA) is 80.4 Å². The molecule has 6 nitrogen and oxygen atoms in total. The van der Waals surface area contributed by atoms with Crippen molar-refractivity contribution < 1.29 is 9.31 Å². The Morgan fingerprint density at radius 3 is 2.76 bits per heavy atom. The smallest absolute Gasteiger partial charge is 0.258 e. The van der Waals surface area contributed by atoms with E-state index in [1.54, 1.807) is 18.2 Å². The Kier molecular flexibility index (Phi) is 5.01. The number of nitrogens with one attached hydrogen (secondary N) is 1. The number of nitro groups is 1. The summed E-state index contributed by atoms with van der Waals surface area (Å²) in [6, 6.07) is 10.4. The number of hydrogen-bond acceptors (Lipinski definition) is 6. The molecular formula is C16H10ClFN4O2S. The summed E-state index contributed by atoms with van der Waals surface area (Å²) in [6.07, 6.45) is 1.43. The van der Waals surface area contributed by atoms with Gasteiger partial charge in [-0.05, 0) is 30.3 Å². The maximum Gasteiger partial charge on any atom is 0.288 e. The van der Waals surface area contributed by atoms with E-state index in [2.05, 4.69) is 15.5 Å². The molecule has 1 N–H and O–H groups in total. The van der Waals surface area contributed by atoms with Crippen LogP contribution >= 0.6 is 22.9 Å². The van der Waals surface area contributed by atoms with Crippen molar-refractivity contribution in [1.29, 1.82) is 0 Å². The summed E-state index contributed by atoms with van der Waals surface area (Å²) < 4.78 is 12.9. The fourth-order valence-corrected chi connectivity index (χ4v) is 2.85. The van der Waals surface area contributed by atoms with Gasteiger partial charge < -0.3 is 0 Å². The molecule has 126 valence electrons. The average Bonchev–Trinajstić information content (AvgIpc) is 3.05. The van der Waals surface area contributed by atoms with E-state index in [4.69, 9.17) is 11.6 Å². The predicted octanol–water partition coefficient (Wildman–Crippen LogP) is 4.96. The molecule has 0 bridgehead atoms. The molecule has 9 heteroatoms. The summed E-state index contributed by atoms with van der Waals surface area (Å²) in [4.78, 5) is 14.6. The van der Waals surface area contributed by atoms with E-state index in [9.17, 15) is 14.5 Å². The second-order valence-corrected chi connectivity index (χ2v) is 6.15. The Labute approximate surface area is 150 Å². The molecule has 0 aliphatic heterocycles. The van der Waals surface area contributed by atoms with Gasteiger partial charge in [-0.1, -0.05) is 17.7 Å². The molecule has 0 saturated heterocycles. The zero-order chi connectivity index (χ0) is 17.8. The number of halogens is 2. The van der Waals surface area contributed by atoms with Gasteiger partial charge in [0.15, 0.2) is 0 Å². The minimum Gasteiger partial charge on any atom is -0.258 e. The van der Waals surface area contributed by atoms with Crippen LogP contribution in [0.1, 0.15) is 5.56 Å². The summed E-state index contributed by atoms with van der Waals surface area (Å²) in [5.74, 6) is -0.306. The summed E-state index contributed by atoms with van der Waals surface area (Å²) in [5.41, 5.74) is 4.60. The molecule has 0 unspecified atom stereocenters. The standard InChI is InChI=1S/C16H10ClFN4O2S/c17-13-6-1-10(7-15(13)22(23)24)8-19-21-16-20-14(9-25-16)11-2-4-12(18)5-3-11/h1-9H,(H,20,21)/b19-8-. The van der Waals surface area contributed by atoms with Crippen LogP contribution < -0.4 is 5.43 Å². The van der Waals surface area contributed by atoms with E-state index in [1.165, 1.54) is 41.8 Å². The Morgan fingerprint density at radius 2 is 2.04 bits per heavy atom. The highest BCUT2D eigenvalue weighted by atomic mass is 35.5. The second-order valence-electron chi connectivity index (χ2n) is 4.88. The molecule has 3 rings (SSSR count). The lowest BCUT2D eigenvalue weighted by Gasteiger charge is -1.98. The Bertz CT molecular complexity index is 944. The first kappa shape index (κ1) is 17.0. The first-order valence-corrected chi connectivity index (χ1v) is 8.23. The van der Waals surface area contributed by atoms with Gasteiger partial charge in [0.1, 0.15) is 10.8 Å². The van der Waals surface area contributed by atoms with Crippen LogP contribution in [0.2, 0.25) is 5.02 Å². The number of aromatic nitrogens is 1. The molecule has 0 atom stereocenters. The van der Waals surface area contributed by atoms with Gasteiger partial charge in [0.2, 0.25) is 5.13 Å². The molecule has 1 heterocycles. The van der Waals surface area contributed by atoms with Gasteiger partial charge in [0, 0.05) is 22.6 Å². The fourth-order valence-electron chi connectivity index (χ4n) is 1.99. The monoisotopic (exact) mass is 376 g/mol. The SMILES string of the molecule is O=[N+]([O-])c1cc(/C=N\Nc2nc(-c3ccc(F)cc3)cs2)ccc1Cl. The largest absolute Gasteiger partial charge is 0.288 e. The van der Waals surface area contributed by atoms with Crippen LogP contribution in [0, 0.1) is 15.9 Å². The van der Waals surface area contributed by atoms with Gasteiger partial charge in [0.25, 0.3) is 5.69 Å². The third-order valence-corrected chi connectivity index (χ3v) is 4.25. The molecule has 0 amide bonds. The van der Waals surface area contributed by atoms with Gasteiger partial charge >= 0.3 is 0 Å². The fraction of sp³-hybridized carbons (Fsp3) is 0. The van der Waals surface area contributed by atoms with E-state index in [-0.39, 0.29) is 16.5 Å². The van der Waals surface area contributed by atoms with E-state index < -0.39 is 4.92 Å². The number of anilines is 1. The molecule has 3 aromatic rings. The van der Waals surface area contributed by atoms with Gasteiger partial charge in [-0.15, -0.1) is 11.3 Å². The summed E-state index contributed by atoms with van der Waals surface area (Å²) in [5, 5.41) is 17.3. The third-order valence-electron chi connectivity index (χ3n) is 3.18. The molecule has 0 fully saturated rings. The van der Waals surface area contributed by atoms with Crippen molar-refractivity contribution in [2.45, 2.75) is 0 Å². The number of nitrogens with zero attached hydrogens (tertiary/aromatic N) is 3. The molecule has 0 saturated carbocycles. The highest BCUT2D eigenvalue weighted by Crippen LogP contribution is 2.26. The maximum absolute atomic E-state index is 12.9. The van der Waals surface area contributed by atoms with Gasteiger partial charge in [-0.3, -0.25) is 15.5 Å². The van der Waals surface area contributed by atoms with Crippen LogP contribution in [-0.2, 0) is 0 Å². The number of benzene rings is 2. The van der Waals surface area contributed by atoms with Crippen LogP contribution in [0.3, 0.4) is 0 Å². The zero-order valence-corrected chi connectivity index (χ0v) is 14.1. The Hall–Kier alpha value is -2.84. The number of hydrogen-bond donors (Lipinski definition) is 1. The average molecular weight is 377 g/mol. The van der Waals surface area contributed by atoms with E-state index in [0.717, 1.165) is 5.56 Å². The quantitative estimate of drug-likeness (QED) is 0.388. The minimum absolute atomic E-state index is 0.0685. The molecular weight excluding hydrogens is 367 g/mol. The van der Waals surface area contributed by atoms with Crippen LogP contribution in [0.25, 0.3) is 11.3 Å². The zero-order valence-electron chi connectivity index (χ0n) is 12.5. The van der Waals surface area contributed by atoms with Gasteiger partial charge in [0.05, 0.1) is 16.8 Å². The number of thiazole rings is 1. The summed E-state index contributed by atoms with van der Waals surface area (Å²) >= 11 is 7.09. The minimum atomic E-state index is -0.553. The molecule has 2 aromatic carbocycles. The van der Waals surface area contributed by atoms with Crippen molar-refractivity contribution in [3.05, 3.63) is 74.4 Å². The van der Waals surface area contributed by atoms with Crippen molar-refractivity contribution in [2.24, 2.45) is 5.10 Å². The molecule has 1 aromatic heterocycles. The first-order chi connectivity index (χ1) is 12.0. The maximum atomic E-state index is 12.9. The molecule has 0 aliphatic rings. The summed E-state index contributed by atoms with van der Waals surface area (Å²) in [7, 11) is 0. The molecule has 25 heavy (non-hydrogen) atoms. The molecule has 0 spiro atoms. The lowest BCUT2D eigenvalue weighted by atomic mass is 10.2. The van der Waals surface area contributed by atoms with Crippen LogP contribution in [-0.4, -0.2) is 16.1 Å². The molecule has 0 aliphatic carbocycles. The van der Waals surface area contributed by atoms with Gasteiger partial charge in [-0.2, -0.15) is 5.10 Å². The van der Waals surface area contributed by atoms with Crippen LogP contribution in [0.4, 0.5) is 15.2 Å².